The lowest BCUT2D eigenvalue weighted by molar-refractivity contribution is -0.133. The number of allylic oxidation sites excluding steroid dienone is 3. The second-order valence-electron chi connectivity index (χ2n) is 6.47. The number of methoxy groups -OCH3 is 1. The van der Waals surface area contributed by atoms with Gasteiger partial charge in [-0.15, -0.1) is 0 Å². The van der Waals surface area contributed by atoms with Gasteiger partial charge >= 0.3 is 0 Å². The van der Waals surface area contributed by atoms with Gasteiger partial charge in [-0.05, 0) is 41.5 Å². The van der Waals surface area contributed by atoms with Gasteiger partial charge in [-0.1, -0.05) is 26.0 Å². The first-order chi connectivity index (χ1) is 9.93. The number of rotatable bonds is 3. The number of fused-ring (bicyclic) bond motifs is 1. The Bertz CT molecular complexity index is 652. The van der Waals surface area contributed by atoms with Crippen LogP contribution in [0, 0.1) is 17.3 Å². The van der Waals surface area contributed by atoms with Crippen molar-refractivity contribution in [2.45, 2.75) is 20.3 Å². The molecule has 0 amide bonds. The van der Waals surface area contributed by atoms with Crippen LogP contribution >= 0.6 is 0 Å². The van der Waals surface area contributed by atoms with E-state index in [0.29, 0.717) is 11.7 Å². The van der Waals surface area contributed by atoms with Crippen molar-refractivity contribution in [3.8, 4) is 11.5 Å². The monoisotopic (exact) mass is 284 g/mol. The van der Waals surface area contributed by atoms with Crippen LogP contribution in [0.15, 0.2) is 35.9 Å². The molecule has 3 heteroatoms. The van der Waals surface area contributed by atoms with Crippen LogP contribution in [0.1, 0.15) is 25.8 Å². The highest BCUT2D eigenvalue weighted by molar-refractivity contribution is 5.96. The largest absolute Gasteiger partial charge is 0.508 e. The van der Waals surface area contributed by atoms with E-state index >= 15 is 0 Å². The number of ether oxygens (including phenoxy) is 1. The van der Waals surface area contributed by atoms with Crippen LogP contribution in [0.3, 0.4) is 0 Å². The molecule has 110 valence electrons. The highest BCUT2D eigenvalue weighted by atomic mass is 16.5. The average Bonchev–Trinajstić information content (AvgIpc) is 2.44. The molecule has 2 bridgehead atoms. The third-order valence-electron chi connectivity index (χ3n) is 4.99. The molecule has 1 N–H and O–H groups in total. The predicted molar refractivity (Wildman–Crippen MR) is 82.2 cm³/mol. The molecular formula is C18H20O3. The van der Waals surface area contributed by atoms with Crippen LogP contribution in [-0.2, 0) is 4.79 Å². The molecule has 1 saturated carbocycles. The molecule has 0 aliphatic heterocycles. The van der Waals surface area contributed by atoms with Crippen LogP contribution in [0.25, 0.3) is 6.08 Å². The summed E-state index contributed by atoms with van der Waals surface area (Å²) in [5.74, 6) is 1.71. The van der Waals surface area contributed by atoms with E-state index in [4.69, 9.17) is 4.74 Å². The van der Waals surface area contributed by atoms with Gasteiger partial charge in [0.2, 0.25) is 0 Å². The van der Waals surface area contributed by atoms with Crippen LogP contribution in [0.5, 0.6) is 11.5 Å². The maximum Gasteiger partial charge on any atom is 0.159 e. The van der Waals surface area contributed by atoms with Crippen molar-refractivity contribution in [1.29, 1.82) is 0 Å². The Hall–Kier alpha value is -2.03. The van der Waals surface area contributed by atoms with Gasteiger partial charge in [0.1, 0.15) is 11.5 Å². The lowest BCUT2D eigenvalue weighted by Crippen LogP contribution is -2.52. The molecule has 1 aromatic carbocycles. The average molecular weight is 284 g/mol. The van der Waals surface area contributed by atoms with Gasteiger partial charge in [-0.3, -0.25) is 4.79 Å². The van der Waals surface area contributed by atoms with Crippen LogP contribution in [0.4, 0.5) is 0 Å². The smallest absolute Gasteiger partial charge is 0.159 e. The molecule has 0 heterocycles. The van der Waals surface area contributed by atoms with Gasteiger partial charge in [0.15, 0.2) is 5.78 Å². The van der Waals surface area contributed by atoms with Crippen LogP contribution in [0.2, 0.25) is 0 Å². The summed E-state index contributed by atoms with van der Waals surface area (Å²) in [6.45, 7) is 4.34. The molecule has 0 spiro atoms. The Morgan fingerprint density at radius 3 is 2.67 bits per heavy atom. The summed E-state index contributed by atoms with van der Waals surface area (Å²) in [5, 5.41) is 9.48. The zero-order valence-corrected chi connectivity index (χ0v) is 12.6. The van der Waals surface area contributed by atoms with E-state index in [-0.39, 0.29) is 22.9 Å². The second-order valence-corrected chi connectivity index (χ2v) is 6.47. The zero-order chi connectivity index (χ0) is 15.2. The number of phenolic OH excluding ortho intramolecular Hbond substituents is 1. The molecule has 3 aliphatic rings. The number of ketones is 1. The lowest BCUT2D eigenvalue weighted by Gasteiger charge is -2.54. The molecule has 3 aliphatic carbocycles. The van der Waals surface area contributed by atoms with Crippen molar-refractivity contribution in [2.75, 3.05) is 7.11 Å². The minimum Gasteiger partial charge on any atom is -0.508 e. The Kier molecular flexibility index (Phi) is 3.16. The first kappa shape index (κ1) is 13.9. The van der Waals surface area contributed by atoms with Crippen LogP contribution < -0.4 is 4.74 Å². The van der Waals surface area contributed by atoms with Crippen molar-refractivity contribution in [3.63, 3.8) is 0 Å². The van der Waals surface area contributed by atoms with Crippen molar-refractivity contribution in [2.24, 2.45) is 17.3 Å². The number of carbonyl (C=O) groups excluding carboxylic acids is 1. The number of aromatic hydroxyl groups is 1. The molecule has 0 unspecified atom stereocenters. The quantitative estimate of drug-likeness (QED) is 0.922. The van der Waals surface area contributed by atoms with Gasteiger partial charge in [0.05, 0.1) is 7.11 Å². The van der Waals surface area contributed by atoms with Gasteiger partial charge in [0, 0.05) is 17.5 Å². The van der Waals surface area contributed by atoms with Crippen molar-refractivity contribution in [1.82, 2.24) is 0 Å². The number of hydrogen-bond donors (Lipinski definition) is 1. The third-order valence-corrected chi connectivity index (χ3v) is 4.99. The fourth-order valence-electron chi connectivity index (χ4n) is 3.53. The van der Waals surface area contributed by atoms with Gasteiger partial charge in [0.25, 0.3) is 0 Å². The topological polar surface area (TPSA) is 46.5 Å². The van der Waals surface area contributed by atoms with E-state index < -0.39 is 0 Å². The highest BCUT2D eigenvalue weighted by Gasteiger charge is 2.54. The normalized spacial score (nSPS) is 26.4. The lowest BCUT2D eigenvalue weighted by atomic mass is 9.48. The summed E-state index contributed by atoms with van der Waals surface area (Å²) < 4.78 is 5.27. The van der Waals surface area contributed by atoms with E-state index in [1.807, 2.05) is 18.2 Å². The van der Waals surface area contributed by atoms with E-state index in [1.165, 1.54) is 0 Å². The summed E-state index contributed by atoms with van der Waals surface area (Å²) in [6.07, 6.45) is 6.71. The Balaban J connectivity index is 1.89. The predicted octanol–water partition coefficient (Wildman–Crippen LogP) is 3.59. The second kappa shape index (κ2) is 4.76. The van der Waals surface area contributed by atoms with E-state index in [9.17, 15) is 9.90 Å². The standard InChI is InChI=1S/C18H20O3/c1-18(2)14-10-15(18)16(20)8-12(14)5-4-11-6-7-13(19)9-17(11)21-3/h4-9,14-15,19H,10H2,1-3H3/b5-4+/t14-,15-/m1/s1. The maximum atomic E-state index is 12.1. The summed E-state index contributed by atoms with van der Waals surface area (Å²) in [5.41, 5.74) is 2.07. The maximum absolute atomic E-state index is 12.1. The minimum absolute atomic E-state index is 0.0740. The first-order valence-corrected chi connectivity index (χ1v) is 7.24. The zero-order valence-electron chi connectivity index (χ0n) is 12.6. The molecule has 2 atom stereocenters. The summed E-state index contributed by atoms with van der Waals surface area (Å²) >= 11 is 0. The van der Waals surface area contributed by atoms with Gasteiger partial charge < -0.3 is 9.84 Å². The Morgan fingerprint density at radius 1 is 1.29 bits per heavy atom. The number of phenols is 1. The number of benzene rings is 1. The SMILES string of the molecule is COc1cc(O)ccc1/C=C/C1=CC(=O)[C@H]2C[C@H]1C2(C)C. The van der Waals surface area contributed by atoms with Crippen molar-refractivity contribution >= 4 is 11.9 Å². The molecule has 1 aromatic rings. The molecule has 0 radical (unpaired) electrons. The highest BCUT2D eigenvalue weighted by Crippen LogP contribution is 2.58. The summed E-state index contributed by atoms with van der Waals surface area (Å²) in [7, 11) is 1.58. The molecule has 4 rings (SSSR count). The first-order valence-electron chi connectivity index (χ1n) is 7.24. The number of hydrogen-bond acceptors (Lipinski definition) is 3. The van der Waals surface area contributed by atoms with E-state index in [0.717, 1.165) is 17.6 Å². The molecule has 0 saturated heterocycles. The molecule has 21 heavy (non-hydrogen) atoms. The fourth-order valence-corrected chi connectivity index (χ4v) is 3.53. The fraction of sp³-hybridized carbons (Fsp3) is 0.389. The Labute approximate surface area is 124 Å². The minimum atomic E-state index is 0.0740. The molecule has 3 nitrogen and oxygen atoms in total. The molecule has 1 fully saturated rings. The molecule has 0 aromatic heterocycles. The van der Waals surface area contributed by atoms with E-state index in [2.05, 4.69) is 13.8 Å². The van der Waals surface area contributed by atoms with Crippen molar-refractivity contribution < 1.29 is 14.6 Å². The van der Waals surface area contributed by atoms with E-state index in [1.54, 1.807) is 25.3 Å². The van der Waals surface area contributed by atoms with Crippen LogP contribution in [-0.4, -0.2) is 18.0 Å². The molecular weight excluding hydrogens is 264 g/mol. The summed E-state index contributed by atoms with van der Waals surface area (Å²) in [6, 6.07) is 5.03. The summed E-state index contributed by atoms with van der Waals surface area (Å²) in [4.78, 5) is 12.1. The van der Waals surface area contributed by atoms with Gasteiger partial charge in [-0.2, -0.15) is 0 Å². The number of carbonyl (C=O) groups is 1. The van der Waals surface area contributed by atoms with Crippen molar-refractivity contribution in [3.05, 3.63) is 41.5 Å². The Morgan fingerprint density at radius 2 is 2.05 bits per heavy atom. The third kappa shape index (κ3) is 2.17. The van der Waals surface area contributed by atoms with Gasteiger partial charge in [-0.25, -0.2) is 0 Å².